The third-order valence-electron chi connectivity index (χ3n) is 3.06. The predicted octanol–water partition coefficient (Wildman–Crippen LogP) is 3.52. The minimum atomic E-state index is -2.63. The number of alkyl halides is 2. The van der Waals surface area contributed by atoms with Crippen molar-refractivity contribution in [2.24, 2.45) is 0 Å². The van der Waals surface area contributed by atoms with Crippen LogP contribution < -0.4 is 20.1 Å². The van der Waals surface area contributed by atoms with Gasteiger partial charge in [0.05, 0.1) is 22.6 Å². The first-order chi connectivity index (χ1) is 11.3. The average molecular weight is 359 g/mol. The number of hydrogen-bond acceptors (Lipinski definition) is 6. The van der Waals surface area contributed by atoms with E-state index in [1.54, 1.807) is 6.92 Å². The normalized spacial score (nSPS) is 10.8. The molecule has 2 heterocycles. The van der Waals surface area contributed by atoms with E-state index in [1.165, 1.54) is 18.5 Å². The standard InChI is InChI=1S/C15H17ClF2N4O2/c1-8-13(22(2)3)10(19)6-21-14(8)24-15-11(23-7-12(17)18)4-9(16)5-20-15/h4-6,12H,7,19H2,1-3H3. The van der Waals surface area contributed by atoms with Crippen molar-refractivity contribution in [1.29, 1.82) is 0 Å². The molecule has 0 spiro atoms. The first kappa shape index (κ1) is 18.0. The van der Waals surface area contributed by atoms with Gasteiger partial charge >= 0.3 is 0 Å². The highest BCUT2D eigenvalue weighted by atomic mass is 35.5. The Morgan fingerprint density at radius 1 is 1.25 bits per heavy atom. The Morgan fingerprint density at radius 3 is 2.54 bits per heavy atom. The number of pyridine rings is 2. The van der Waals surface area contributed by atoms with Crippen molar-refractivity contribution in [2.45, 2.75) is 13.3 Å². The van der Waals surface area contributed by atoms with Gasteiger partial charge in [0.2, 0.25) is 5.88 Å². The Hall–Kier alpha value is -2.35. The van der Waals surface area contributed by atoms with E-state index in [0.717, 1.165) is 5.69 Å². The van der Waals surface area contributed by atoms with Gasteiger partial charge in [-0.2, -0.15) is 0 Å². The lowest BCUT2D eigenvalue weighted by Gasteiger charge is -2.20. The minimum Gasteiger partial charge on any atom is -0.482 e. The van der Waals surface area contributed by atoms with Crippen molar-refractivity contribution >= 4 is 23.0 Å². The fourth-order valence-corrected chi connectivity index (χ4v) is 2.28. The second-order valence-electron chi connectivity index (χ2n) is 5.15. The molecular weight excluding hydrogens is 342 g/mol. The molecule has 9 heteroatoms. The molecule has 0 radical (unpaired) electrons. The van der Waals surface area contributed by atoms with Gasteiger partial charge in [0.1, 0.15) is 6.61 Å². The monoisotopic (exact) mass is 358 g/mol. The SMILES string of the molecule is Cc1c(Oc2ncc(Cl)cc2OCC(F)F)ncc(N)c1N(C)C. The van der Waals surface area contributed by atoms with Crippen LogP contribution in [0.25, 0.3) is 0 Å². The van der Waals surface area contributed by atoms with Gasteiger partial charge in [-0.05, 0) is 6.92 Å². The highest BCUT2D eigenvalue weighted by Gasteiger charge is 2.17. The Bertz CT molecular complexity index is 729. The van der Waals surface area contributed by atoms with Gasteiger partial charge in [-0.1, -0.05) is 11.6 Å². The van der Waals surface area contributed by atoms with Gasteiger partial charge in [0.15, 0.2) is 5.75 Å². The Kier molecular flexibility index (Phi) is 5.61. The lowest BCUT2D eigenvalue weighted by molar-refractivity contribution is 0.0803. The Labute approximate surface area is 143 Å². The summed E-state index contributed by atoms with van der Waals surface area (Å²) >= 11 is 5.83. The molecule has 0 bridgehead atoms. The van der Waals surface area contributed by atoms with Gasteiger partial charge in [0, 0.05) is 31.9 Å². The summed E-state index contributed by atoms with van der Waals surface area (Å²) in [5.41, 5.74) is 7.82. The number of aromatic nitrogens is 2. The fraction of sp³-hybridized carbons (Fsp3) is 0.333. The van der Waals surface area contributed by atoms with Crippen LogP contribution in [0, 0.1) is 6.92 Å². The van der Waals surface area contributed by atoms with Gasteiger partial charge in [0.25, 0.3) is 12.3 Å². The number of halogens is 3. The third-order valence-corrected chi connectivity index (χ3v) is 3.27. The van der Waals surface area contributed by atoms with E-state index >= 15 is 0 Å². The van der Waals surface area contributed by atoms with E-state index in [0.29, 0.717) is 11.3 Å². The van der Waals surface area contributed by atoms with E-state index < -0.39 is 13.0 Å². The van der Waals surface area contributed by atoms with E-state index in [9.17, 15) is 8.78 Å². The molecule has 0 saturated carbocycles. The van der Waals surface area contributed by atoms with E-state index in [2.05, 4.69) is 9.97 Å². The summed E-state index contributed by atoms with van der Waals surface area (Å²) in [5.74, 6) is 0.238. The number of rotatable bonds is 6. The number of ether oxygens (including phenoxy) is 2. The topological polar surface area (TPSA) is 73.5 Å². The van der Waals surface area contributed by atoms with E-state index in [4.69, 9.17) is 26.8 Å². The van der Waals surface area contributed by atoms with Gasteiger partial charge < -0.3 is 20.1 Å². The third kappa shape index (κ3) is 4.14. The maximum atomic E-state index is 12.4. The summed E-state index contributed by atoms with van der Waals surface area (Å²) in [6, 6.07) is 1.35. The first-order valence-corrected chi connectivity index (χ1v) is 7.34. The van der Waals surface area contributed by atoms with Gasteiger partial charge in [-0.25, -0.2) is 18.7 Å². The van der Waals surface area contributed by atoms with Gasteiger partial charge in [-0.15, -0.1) is 0 Å². The maximum Gasteiger partial charge on any atom is 0.272 e. The Morgan fingerprint density at radius 2 is 1.92 bits per heavy atom. The lowest BCUT2D eigenvalue weighted by atomic mass is 10.2. The average Bonchev–Trinajstić information content (AvgIpc) is 2.49. The summed E-state index contributed by atoms with van der Waals surface area (Å²) in [5, 5.41) is 0.239. The zero-order chi connectivity index (χ0) is 17.9. The van der Waals surface area contributed by atoms with Crippen LogP contribution in [-0.4, -0.2) is 37.1 Å². The van der Waals surface area contributed by atoms with Crippen LogP contribution in [0.15, 0.2) is 18.5 Å². The minimum absolute atomic E-state index is 0.00669. The number of anilines is 2. The molecule has 0 amide bonds. The second-order valence-corrected chi connectivity index (χ2v) is 5.58. The molecule has 130 valence electrons. The zero-order valence-corrected chi connectivity index (χ0v) is 14.1. The molecule has 0 aliphatic heterocycles. The molecule has 2 N–H and O–H groups in total. The van der Waals surface area contributed by atoms with Crippen LogP contribution in [0.1, 0.15) is 5.56 Å². The molecule has 0 aliphatic carbocycles. The summed E-state index contributed by atoms with van der Waals surface area (Å²) in [6.07, 6.45) is 0.146. The largest absolute Gasteiger partial charge is 0.482 e. The van der Waals surface area contributed by atoms with Crippen molar-refractivity contribution in [3.8, 4) is 17.5 Å². The smallest absolute Gasteiger partial charge is 0.272 e. The number of nitrogens with two attached hydrogens (primary N) is 1. The van der Waals surface area contributed by atoms with Gasteiger partial charge in [-0.3, -0.25) is 0 Å². The highest BCUT2D eigenvalue weighted by Crippen LogP contribution is 2.36. The van der Waals surface area contributed by atoms with E-state index in [1.807, 2.05) is 19.0 Å². The lowest BCUT2D eigenvalue weighted by Crippen LogP contribution is -2.14. The van der Waals surface area contributed by atoms with Crippen molar-refractivity contribution < 1.29 is 18.3 Å². The van der Waals surface area contributed by atoms with Crippen LogP contribution in [0.2, 0.25) is 5.02 Å². The number of nitrogen functional groups attached to an aromatic ring is 1. The molecule has 0 atom stereocenters. The molecule has 2 aromatic heterocycles. The molecule has 0 saturated heterocycles. The second kappa shape index (κ2) is 7.48. The van der Waals surface area contributed by atoms with Crippen LogP contribution >= 0.6 is 11.6 Å². The van der Waals surface area contributed by atoms with Crippen molar-refractivity contribution in [2.75, 3.05) is 31.3 Å². The molecule has 24 heavy (non-hydrogen) atoms. The van der Waals surface area contributed by atoms with Crippen molar-refractivity contribution in [3.05, 3.63) is 29.0 Å². The van der Waals surface area contributed by atoms with Crippen LogP contribution in [0.3, 0.4) is 0 Å². The molecule has 0 fully saturated rings. The molecule has 0 aliphatic rings. The highest BCUT2D eigenvalue weighted by molar-refractivity contribution is 6.30. The maximum absolute atomic E-state index is 12.4. The summed E-state index contributed by atoms with van der Waals surface area (Å²) in [4.78, 5) is 9.93. The summed E-state index contributed by atoms with van der Waals surface area (Å²) in [6.45, 7) is 0.985. The molecule has 0 unspecified atom stereocenters. The fourth-order valence-electron chi connectivity index (χ4n) is 2.13. The van der Waals surface area contributed by atoms with Crippen LogP contribution in [-0.2, 0) is 0 Å². The molecular formula is C15H17ClF2N4O2. The number of hydrogen-bond donors (Lipinski definition) is 1. The molecule has 6 nitrogen and oxygen atoms in total. The zero-order valence-electron chi connectivity index (χ0n) is 13.4. The molecule has 2 aromatic rings. The van der Waals surface area contributed by atoms with Crippen molar-refractivity contribution in [3.63, 3.8) is 0 Å². The predicted molar refractivity (Wildman–Crippen MR) is 88.5 cm³/mol. The summed E-state index contributed by atoms with van der Waals surface area (Å²) < 4.78 is 35.4. The van der Waals surface area contributed by atoms with Crippen LogP contribution in [0.4, 0.5) is 20.2 Å². The first-order valence-electron chi connectivity index (χ1n) is 6.96. The Balaban J connectivity index is 2.36. The molecule has 2 rings (SSSR count). The quantitative estimate of drug-likeness (QED) is 0.851. The van der Waals surface area contributed by atoms with Crippen LogP contribution in [0.5, 0.6) is 17.5 Å². The summed E-state index contributed by atoms with van der Waals surface area (Å²) in [7, 11) is 3.67. The molecule has 0 aromatic carbocycles. The van der Waals surface area contributed by atoms with E-state index in [-0.39, 0.29) is 22.5 Å². The van der Waals surface area contributed by atoms with Crippen molar-refractivity contribution in [1.82, 2.24) is 9.97 Å². The number of nitrogens with zero attached hydrogens (tertiary/aromatic N) is 3.